The molecule has 3 N–H and O–H groups in total. The minimum Gasteiger partial charge on any atom is -0.481 e. The molecule has 0 spiro atoms. The maximum atomic E-state index is 11.6. The highest BCUT2D eigenvalue weighted by atomic mass is 16.5. The normalized spacial score (nSPS) is 25.7. The molecule has 2 amide bonds. The number of amides is 2. The van der Waals surface area contributed by atoms with Gasteiger partial charge in [-0.05, 0) is 19.8 Å². The number of methoxy groups -OCH3 is 1. The van der Waals surface area contributed by atoms with E-state index < -0.39 is 23.4 Å². The predicted molar refractivity (Wildman–Crippen MR) is 66.5 cm³/mol. The first-order valence-corrected chi connectivity index (χ1v) is 6.24. The van der Waals surface area contributed by atoms with Crippen LogP contribution in [-0.2, 0) is 14.3 Å². The summed E-state index contributed by atoms with van der Waals surface area (Å²) in [5, 5.41) is 14.4. The molecule has 1 fully saturated rings. The Balaban J connectivity index is 2.40. The first-order valence-electron chi connectivity index (χ1n) is 6.24. The van der Waals surface area contributed by atoms with E-state index in [9.17, 15) is 19.5 Å². The largest absolute Gasteiger partial charge is 0.481 e. The van der Waals surface area contributed by atoms with Crippen molar-refractivity contribution in [3.05, 3.63) is 0 Å². The first kappa shape index (κ1) is 15.3. The Morgan fingerprint density at radius 2 is 2.11 bits per heavy atom. The van der Waals surface area contributed by atoms with Crippen molar-refractivity contribution in [2.24, 2.45) is 5.41 Å². The summed E-state index contributed by atoms with van der Waals surface area (Å²) in [5.41, 5.74) is -0.917. The van der Waals surface area contributed by atoms with E-state index in [0.717, 1.165) is 6.42 Å². The SMILES string of the molecule is COC(=O)CCNC(=O)NC1CCCC1(C)C(=O)O. The number of hydrogen-bond acceptors (Lipinski definition) is 4. The molecule has 1 aliphatic carbocycles. The third kappa shape index (κ3) is 3.84. The summed E-state index contributed by atoms with van der Waals surface area (Å²) < 4.78 is 4.44. The zero-order chi connectivity index (χ0) is 14.5. The number of urea groups is 1. The fourth-order valence-electron chi connectivity index (χ4n) is 2.24. The van der Waals surface area contributed by atoms with E-state index in [0.29, 0.717) is 12.8 Å². The molecule has 19 heavy (non-hydrogen) atoms. The molecule has 0 bridgehead atoms. The molecular formula is C12H20N2O5. The van der Waals surface area contributed by atoms with Crippen LogP contribution in [0.25, 0.3) is 0 Å². The molecule has 2 unspecified atom stereocenters. The lowest BCUT2D eigenvalue weighted by Crippen LogP contribution is -2.50. The zero-order valence-electron chi connectivity index (χ0n) is 11.2. The third-order valence-corrected chi connectivity index (χ3v) is 3.59. The van der Waals surface area contributed by atoms with Gasteiger partial charge in [-0.15, -0.1) is 0 Å². The number of nitrogens with one attached hydrogen (secondary N) is 2. The van der Waals surface area contributed by atoms with Crippen molar-refractivity contribution in [3.63, 3.8) is 0 Å². The van der Waals surface area contributed by atoms with Gasteiger partial charge >= 0.3 is 18.0 Å². The van der Waals surface area contributed by atoms with Crippen LogP contribution in [0.15, 0.2) is 0 Å². The van der Waals surface area contributed by atoms with Crippen LogP contribution >= 0.6 is 0 Å². The zero-order valence-corrected chi connectivity index (χ0v) is 11.2. The maximum Gasteiger partial charge on any atom is 0.315 e. The van der Waals surface area contributed by atoms with Gasteiger partial charge in [-0.3, -0.25) is 9.59 Å². The van der Waals surface area contributed by atoms with E-state index in [2.05, 4.69) is 15.4 Å². The van der Waals surface area contributed by atoms with Gasteiger partial charge in [-0.25, -0.2) is 4.79 Å². The minimum atomic E-state index is -0.917. The van der Waals surface area contributed by atoms with Crippen molar-refractivity contribution in [1.82, 2.24) is 10.6 Å². The second kappa shape index (κ2) is 6.40. The van der Waals surface area contributed by atoms with E-state index in [4.69, 9.17) is 0 Å². The standard InChI is InChI=1S/C12H20N2O5/c1-12(10(16)17)6-3-4-8(12)14-11(18)13-7-5-9(15)19-2/h8H,3-7H2,1-2H3,(H,16,17)(H2,13,14,18). The molecule has 1 saturated carbocycles. The maximum absolute atomic E-state index is 11.6. The molecule has 0 aromatic rings. The van der Waals surface area contributed by atoms with Crippen molar-refractivity contribution in [2.75, 3.05) is 13.7 Å². The second-order valence-electron chi connectivity index (χ2n) is 4.89. The molecular weight excluding hydrogens is 252 g/mol. The van der Waals surface area contributed by atoms with Crippen molar-refractivity contribution in [2.45, 2.75) is 38.6 Å². The lowest BCUT2D eigenvalue weighted by Gasteiger charge is -2.27. The fraction of sp³-hybridized carbons (Fsp3) is 0.750. The Labute approximate surface area is 111 Å². The average molecular weight is 272 g/mol. The Morgan fingerprint density at radius 1 is 1.42 bits per heavy atom. The molecule has 0 aromatic heterocycles. The molecule has 0 heterocycles. The third-order valence-electron chi connectivity index (χ3n) is 3.59. The van der Waals surface area contributed by atoms with Gasteiger partial charge in [0.15, 0.2) is 0 Å². The van der Waals surface area contributed by atoms with E-state index in [1.165, 1.54) is 7.11 Å². The van der Waals surface area contributed by atoms with Crippen LogP contribution in [0.4, 0.5) is 4.79 Å². The summed E-state index contributed by atoms with van der Waals surface area (Å²) in [6, 6.07) is -0.841. The van der Waals surface area contributed by atoms with Crippen molar-refractivity contribution in [1.29, 1.82) is 0 Å². The van der Waals surface area contributed by atoms with Gasteiger partial charge in [0.05, 0.1) is 18.9 Å². The first-order chi connectivity index (χ1) is 8.90. The van der Waals surface area contributed by atoms with Crippen molar-refractivity contribution < 1.29 is 24.2 Å². The van der Waals surface area contributed by atoms with Gasteiger partial charge in [-0.1, -0.05) is 6.42 Å². The van der Waals surface area contributed by atoms with Crippen LogP contribution in [-0.4, -0.2) is 42.8 Å². The lowest BCUT2D eigenvalue weighted by atomic mass is 9.85. The Bertz CT molecular complexity index is 371. The molecule has 7 heteroatoms. The smallest absolute Gasteiger partial charge is 0.315 e. The molecule has 108 valence electrons. The van der Waals surface area contributed by atoms with Crippen LogP contribution in [0, 0.1) is 5.41 Å². The van der Waals surface area contributed by atoms with E-state index in [1.54, 1.807) is 6.92 Å². The summed E-state index contributed by atoms with van der Waals surface area (Å²) in [5.74, 6) is -1.30. The minimum absolute atomic E-state index is 0.0881. The average Bonchev–Trinajstić information content (AvgIpc) is 2.72. The van der Waals surface area contributed by atoms with Gasteiger partial charge in [0.2, 0.25) is 0 Å². The highest BCUT2D eigenvalue weighted by Crippen LogP contribution is 2.38. The number of carbonyl (C=O) groups excluding carboxylic acids is 2. The molecule has 0 radical (unpaired) electrons. The highest BCUT2D eigenvalue weighted by Gasteiger charge is 2.45. The number of carboxylic acids is 1. The fourth-order valence-corrected chi connectivity index (χ4v) is 2.24. The summed E-state index contributed by atoms with van der Waals surface area (Å²) in [4.78, 5) is 33.7. The van der Waals surface area contributed by atoms with E-state index in [1.807, 2.05) is 0 Å². The number of ether oxygens (including phenoxy) is 1. The molecule has 7 nitrogen and oxygen atoms in total. The van der Waals surface area contributed by atoms with Crippen LogP contribution in [0.2, 0.25) is 0 Å². The highest BCUT2D eigenvalue weighted by molar-refractivity contribution is 5.79. The van der Waals surface area contributed by atoms with Crippen LogP contribution in [0.5, 0.6) is 0 Å². The van der Waals surface area contributed by atoms with Gasteiger partial charge in [-0.2, -0.15) is 0 Å². The van der Waals surface area contributed by atoms with Crippen molar-refractivity contribution in [3.8, 4) is 0 Å². The summed E-state index contributed by atoms with van der Waals surface area (Å²) in [7, 11) is 1.28. The number of rotatable bonds is 5. The molecule has 0 aromatic carbocycles. The Hall–Kier alpha value is -1.79. The summed E-state index contributed by atoms with van der Waals surface area (Å²) in [6.07, 6.45) is 2.06. The lowest BCUT2D eigenvalue weighted by molar-refractivity contribution is -0.148. The van der Waals surface area contributed by atoms with Gasteiger partial charge in [0.25, 0.3) is 0 Å². The van der Waals surface area contributed by atoms with Gasteiger partial charge < -0.3 is 20.5 Å². The molecule has 2 atom stereocenters. The number of esters is 1. The topological polar surface area (TPSA) is 105 Å². The number of aliphatic carboxylic acids is 1. The molecule has 0 aliphatic heterocycles. The summed E-state index contributed by atoms with van der Waals surface area (Å²) in [6.45, 7) is 1.80. The Kier molecular flexibility index (Phi) is 5.14. The second-order valence-corrected chi connectivity index (χ2v) is 4.89. The van der Waals surface area contributed by atoms with Gasteiger partial charge in [0, 0.05) is 12.6 Å². The van der Waals surface area contributed by atoms with E-state index >= 15 is 0 Å². The number of hydrogen-bond donors (Lipinski definition) is 3. The molecule has 1 aliphatic rings. The molecule has 1 rings (SSSR count). The Morgan fingerprint density at radius 3 is 2.68 bits per heavy atom. The summed E-state index contributed by atoms with van der Waals surface area (Å²) >= 11 is 0. The number of carboxylic acid groups (broad SMARTS) is 1. The van der Waals surface area contributed by atoms with E-state index in [-0.39, 0.29) is 19.0 Å². The molecule has 0 saturated heterocycles. The predicted octanol–water partition coefficient (Wildman–Crippen LogP) is 0.492. The van der Waals surface area contributed by atoms with Gasteiger partial charge in [0.1, 0.15) is 0 Å². The van der Waals surface area contributed by atoms with Crippen molar-refractivity contribution >= 4 is 18.0 Å². The monoisotopic (exact) mass is 272 g/mol. The van der Waals surface area contributed by atoms with Crippen LogP contribution in [0.3, 0.4) is 0 Å². The van der Waals surface area contributed by atoms with Crippen LogP contribution < -0.4 is 10.6 Å². The number of carbonyl (C=O) groups is 3. The van der Waals surface area contributed by atoms with Crippen LogP contribution in [0.1, 0.15) is 32.6 Å². The quantitative estimate of drug-likeness (QED) is 0.632.